The number of benzene rings is 2. The van der Waals surface area contributed by atoms with Gasteiger partial charge in [0.2, 0.25) is 0 Å². The summed E-state index contributed by atoms with van der Waals surface area (Å²) in [7, 11) is 0. The topological polar surface area (TPSA) is 49.7 Å². The zero-order chi connectivity index (χ0) is 14.6. The molecule has 0 saturated carbocycles. The van der Waals surface area contributed by atoms with Crippen molar-refractivity contribution in [1.29, 1.82) is 0 Å². The molecule has 1 N–H and O–H groups in total. The third kappa shape index (κ3) is 3.12. The number of carbonyl (C=O) groups is 1. The highest BCUT2D eigenvalue weighted by Crippen LogP contribution is 2.17. The molecular formula is C17H17NO2. The number of hydrogen-bond donors (Lipinski definition) is 1. The third-order valence-corrected chi connectivity index (χ3v) is 3.01. The van der Waals surface area contributed by atoms with Crippen molar-refractivity contribution in [2.24, 2.45) is 4.99 Å². The molecule has 0 fully saturated rings. The summed E-state index contributed by atoms with van der Waals surface area (Å²) in [6, 6.07) is 19.3. The molecule has 3 nitrogen and oxygen atoms in total. The van der Waals surface area contributed by atoms with Gasteiger partial charge < -0.3 is 5.11 Å². The van der Waals surface area contributed by atoms with E-state index in [9.17, 15) is 9.90 Å². The molecule has 3 heteroatoms. The lowest BCUT2D eigenvalue weighted by molar-refractivity contribution is -0.141. The summed E-state index contributed by atoms with van der Waals surface area (Å²) in [6.45, 7) is 3.20. The molecule has 0 amide bonds. The van der Waals surface area contributed by atoms with Gasteiger partial charge in [0, 0.05) is 11.1 Å². The van der Waals surface area contributed by atoms with Crippen LogP contribution < -0.4 is 0 Å². The van der Waals surface area contributed by atoms with Crippen molar-refractivity contribution >= 4 is 11.7 Å². The monoisotopic (exact) mass is 267 g/mol. The van der Waals surface area contributed by atoms with Gasteiger partial charge in [-0.15, -0.1) is 0 Å². The lowest BCUT2D eigenvalue weighted by atomic mass is 9.99. The fourth-order valence-electron chi connectivity index (χ4n) is 1.82. The number of aliphatic imine (C=N–C) groups is 1. The van der Waals surface area contributed by atoms with Crippen LogP contribution in [0.25, 0.3) is 0 Å². The van der Waals surface area contributed by atoms with Gasteiger partial charge in [-0.05, 0) is 13.8 Å². The van der Waals surface area contributed by atoms with E-state index in [-0.39, 0.29) is 0 Å². The molecule has 0 aromatic heterocycles. The average molecular weight is 267 g/mol. The quantitative estimate of drug-likeness (QED) is 0.863. The molecule has 0 spiro atoms. The maximum absolute atomic E-state index is 11.3. The van der Waals surface area contributed by atoms with Crippen LogP contribution in [0, 0.1) is 0 Å². The summed E-state index contributed by atoms with van der Waals surface area (Å²) in [5.74, 6) is -0.943. The smallest absolute Gasteiger partial charge is 0.331 e. The highest BCUT2D eigenvalue weighted by Gasteiger charge is 2.27. The van der Waals surface area contributed by atoms with Gasteiger partial charge in [0.25, 0.3) is 0 Å². The van der Waals surface area contributed by atoms with E-state index in [4.69, 9.17) is 0 Å². The molecule has 2 rings (SSSR count). The van der Waals surface area contributed by atoms with Gasteiger partial charge in [-0.3, -0.25) is 4.99 Å². The van der Waals surface area contributed by atoms with Crippen LogP contribution in [0.15, 0.2) is 65.7 Å². The summed E-state index contributed by atoms with van der Waals surface area (Å²) < 4.78 is 0. The summed E-state index contributed by atoms with van der Waals surface area (Å²) in [6.07, 6.45) is 0. The highest BCUT2D eigenvalue weighted by atomic mass is 16.4. The highest BCUT2D eigenvalue weighted by molar-refractivity contribution is 6.13. The largest absolute Gasteiger partial charge is 0.479 e. The normalized spacial score (nSPS) is 10.9. The third-order valence-electron chi connectivity index (χ3n) is 3.01. The summed E-state index contributed by atoms with van der Waals surface area (Å²) in [5, 5.41) is 9.28. The maximum atomic E-state index is 11.3. The Morgan fingerprint density at radius 3 is 1.65 bits per heavy atom. The molecule has 0 unspecified atom stereocenters. The van der Waals surface area contributed by atoms with Gasteiger partial charge in [-0.1, -0.05) is 60.7 Å². The zero-order valence-corrected chi connectivity index (χ0v) is 11.6. The molecule has 0 aliphatic rings. The number of hydrogen-bond acceptors (Lipinski definition) is 2. The van der Waals surface area contributed by atoms with Crippen molar-refractivity contribution in [2.45, 2.75) is 19.4 Å². The first-order valence-electron chi connectivity index (χ1n) is 6.45. The van der Waals surface area contributed by atoms with Crippen LogP contribution in [0.5, 0.6) is 0 Å². The van der Waals surface area contributed by atoms with E-state index in [0.29, 0.717) is 5.71 Å². The maximum Gasteiger partial charge on any atom is 0.331 e. The van der Waals surface area contributed by atoms with E-state index >= 15 is 0 Å². The second kappa shape index (κ2) is 5.70. The average Bonchev–Trinajstić information content (AvgIpc) is 2.46. The number of rotatable bonds is 4. The van der Waals surface area contributed by atoms with Gasteiger partial charge in [-0.25, -0.2) is 4.79 Å². The van der Waals surface area contributed by atoms with Gasteiger partial charge in [0.1, 0.15) is 0 Å². The minimum atomic E-state index is -1.17. The molecule has 2 aromatic rings. The molecule has 0 bridgehead atoms. The van der Waals surface area contributed by atoms with Crippen LogP contribution in [0.1, 0.15) is 25.0 Å². The number of carboxylic acid groups (broad SMARTS) is 1. The van der Waals surface area contributed by atoms with Gasteiger partial charge in [0.15, 0.2) is 5.54 Å². The first kappa shape index (κ1) is 14.0. The van der Waals surface area contributed by atoms with E-state index in [1.54, 1.807) is 13.8 Å². The minimum Gasteiger partial charge on any atom is -0.479 e. The lowest BCUT2D eigenvalue weighted by Crippen LogP contribution is -2.30. The molecule has 0 atom stereocenters. The SMILES string of the molecule is CC(C)(N=C(c1ccccc1)c1ccccc1)C(=O)O. The Morgan fingerprint density at radius 1 is 0.900 bits per heavy atom. The molecule has 0 radical (unpaired) electrons. The van der Waals surface area contributed by atoms with Crippen LogP contribution in [0.4, 0.5) is 0 Å². The molecule has 0 aliphatic carbocycles. The molecule has 0 heterocycles. The van der Waals surface area contributed by atoms with E-state index in [1.165, 1.54) is 0 Å². The molecule has 0 aliphatic heterocycles. The first-order chi connectivity index (χ1) is 9.50. The van der Waals surface area contributed by atoms with Crippen molar-refractivity contribution in [3.05, 3.63) is 71.8 Å². The van der Waals surface area contributed by atoms with Crippen LogP contribution in [-0.2, 0) is 4.79 Å². The zero-order valence-electron chi connectivity index (χ0n) is 11.6. The Hall–Kier alpha value is -2.42. The summed E-state index contributed by atoms with van der Waals surface area (Å²) in [4.78, 5) is 15.8. The Kier molecular flexibility index (Phi) is 3.99. The van der Waals surface area contributed by atoms with Gasteiger partial charge >= 0.3 is 5.97 Å². The van der Waals surface area contributed by atoms with E-state index in [0.717, 1.165) is 11.1 Å². The summed E-state index contributed by atoms with van der Waals surface area (Å²) >= 11 is 0. The predicted molar refractivity (Wildman–Crippen MR) is 80.2 cm³/mol. The Balaban J connectivity index is 2.57. The second-order valence-corrected chi connectivity index (χ2v) is 5.06. The van der Waals surface area contributed by atoms with Crippen LogP contribution in [-0.4, -0.2) is 22.3 Å². The Bertz CT molecular complexity index is 574. The number of aliphatic carboxylic acids is 1. The minimum absolute atomic E-state index is 0.693. The molecule has 2 aromatic carbocycles. The number of nitrogens with zero attached hydrogens (tertiary/aromatic N) is 1. The predicted octanol–water partition coefficient (Wildman–Crippen LogP) is 3.39. The Morgan fingerprint density at radius 2 is 1.30 bits per heavy atom. The first-order valence-corrected chi connectivity index (χ1v) is 6.45. The van der Waals surface area contributed by atoms with E-state index < -0.39 is 11.5 Å². The fourth-order valence-corrected chi connectivity index (χ4v) is 1.82. The van der Waals surface area contributed by atoms with Crippen LogP contribution in [0.2, 0.25) is 0 Å². The van der Waals surface area contributed by atoms with Crippen molar-refractivity contribution < 1.29 is 9.90 Å². The number of carboxylic acids is 1. The van der Waals surface area contributed by atoms with E-state index in [2.05, 4.69) is 4.99 Å². The van der Waals surface area contributed by atoms with Crippen molar-refractivity contribution in [3.63, 3.8) is 0 Å². The van der Waals surface area contributed by atoms with Gasteiger partial charge in [-0.2, -0.15) is 0 Å². The molecule has 102 valence electrons. The van der Waals surface area contributed by atoms with E-state index in [1.807, 2.05) is 60.7 Å². The molecule has 0 saturated heterocycles. The van der Waals surface area contributed by atoms with Crippen molar-refractivity contribution in [1.82, 2.24) is 0 Å². The fraction of sp³-hybridized carbons (Fsp3) is 0.176. The van der Waals surface area contributed by atoms with Crippen molar-refractivity contribution in [2.75, 3.05) is 0 Å². The molecule has 20 heavy (non-hydrogen) atoms. The van der Waals surface area contributed by atoms with Crippen LogP contribution >= 0.6 is 0 Å². The lowest BCUT2D eigenvalue weighted by Gasteiger charge is -2.17. The van der Waals surface area contributed by atoms with Crippen molar-refractivity contribution in [3.8, 4) is 0 Å². The second-order valence-electron chi connectivity index (χ2n) is 5.06. The summed E-state index contributed by atoms with van der Waals surface area (Å²) in [5.41, 5.74) is 1.35. The Labute approximate surface area is 118 Å². The molecular weight excluding hydrogens is 250 g/mol. The van der Waals surface area contributed by atoms with Gasteiger partial charge in [0.05, 0.1) is 5.71 Å². The van der Waals surface area contributed by atoms with Crippen LogP contribution in [0.3, 0.4) is 0 Å². The standard InChI is InChI=1S/C17H17NO2/c1-17(2,16(19)20)18-15(13-9-5-3-6-10-13)14-11-7-4-8-12-14/h3-12H,1-2H3,(H,19,20).